The third-order valence-corrected chi connectivity index (χ3v) is 3.52. The van der Waals surface area contributed by atoms with Crippen LogP contribution in [0.15, 0.2) is 0 Å². The molecule has 0 aromatic heterocycles. The molecule has 8 N–H and O–H groups in total. The van der Waals surface area contributed by atoms with Gasteiger partial charge in [0.1, 0.15) is 0 Å². The van der Waals surface area contributed by atoms with Gasteiger partial charge in [-0.1, -0.05) is 0 Å². The van der Waals surface area contributed by atoms with Crippen LogP contribution in [0.4, 0.5) is 0 Å². The lowest BCUT2D eigenvalue weighted by Crippen LogP contribution is -2.82. The van der Waals surface area contributed by atoms with Crippen LogP contribution < -0.4 is 11.5 Å². The van der Waals surface area contributed by atoms with Gasteiger partial charge in [-0.25, -0.2) is 0 Å². The van der Waals surface area contributed by atoms with Gasteiger partial charge in [-0.15, -0.1) is 0 Å². The van der Waals surface area contributed by atoms with E-state index in [-0.39, 0.29) is 0 Å². The molecular weight excluding hydrogens is 212 g/mol. The van der Waals surface area contributed by atoms with Crippen LogP contribution in [0.2, 0.25) is 0 Å². The van der Waals surface area contributed by atoms with Crippen LogP contribution in [0.1, 0.15) is 27.7 Å². The molecule has 0 fully saturated rings. The van der Waals surface area contributed by atoms with Crippen molar-refractivity contribution in [3.63, 3.8) is 0 Å². The van der Waals surface area contributed by atoms with E-state index in [4.69, 9.17) is 11.5 Å². The molecule has 0 aromatic rings. The average molecular weight is 236 g/mol. The van der Waals surface area contributed by atoms with Gasteiger partial charge in [-0.05, 0) is 27.7 Å². The maximum Gasteiger partial charge on any atom is 0.0907 e. The van der Waals surface area contributed by atoms with Crippen LogP contribution in [-0.2, 0) is 0 Å². The monoisotopic (exact) mass is 236 g/mol. The van der Waals surface area contributed by atoms with Crippen molar-refractivity contribution in [1.29, 1.82) is 0 Å². The van der Waals surface area contributed by atoms with E-state index >= 15 is 0 Å². The van der Waals surface area contributed by atoms with E-state index in [1.54, 1.807) is 0 Å². The summed E-state index contributed by atoms with van der Waals surface area (Å²) in [5.41, 5.74) is 8.41. The number of nitrogens with two attached hydrogens (primary N) is 2. The molecule has 0 aliphatic carbocycles. The molecule has 16 heavy (non-hydrogen) atoms. The molecule has 0 heterocycles. The zero-order chi connectivity index (χ0) is 13.3. The van der Waals surface area contributed by atoms with Crippen molar-refractivity contribution in [3.8, 4) is 0 Å². The third-order valence-electron chi connectivity index (χ3n) is 3.52. The van der Waals surface area contributed by atoms with Gasteiger partial charge in [0.2, 0.25) is 0 Å². The Bertz CT molecular complexity index is 189. The molecule has 0 rings (SSSR count). The zero-order valence-electron chi connectivity index (χ0n) is 10.3. The van der Waals surface area contributed by atoms with Crippen LogP contribution in [0.25, 0.3) is 0 Å². The minimum Gasteiger partial charge on any atom is -0.391 e. The molecule has 0 aliphatic heterocycles. The first-order valence-electron chi connectivity index (χ1n) is 5.32. The van der Waals surface area contributed by atoms with Crippen molar-refractivity contribution in [2.75, 3.05) is 0 Å². The Hall–Kier alpha value is -0.240. The summed E-state index contributed by atoms with van der Waals surface area (Å²) in [6.45, 7) is 5.44. The summed E-state index contributed by atoms with van der Waals surface area (Å²) in [6, 6.07) is 0. The Labute approximate surface area is 95.9 Å². The van der Waals surface area contributed by atoms with E-state index < -0.39 is 35.5 Å². The molecule has 4 unspecified atom stereocenters. The minimum atomic E-state index is -1.71. The maximum atomic E-state index is 9.69. The fraction of sp³-hybridized carbons (Fsp3) is 1.00. The van der Waals surface area contributed by atoms with Gasteiger partial charge in [-0.3, -0.25) is 0 Å². The van der Waals surface area contributed by atoms with E-state index in [1.165, 1.54) is 27.7 Å². The molecule has 0 amide bonds. The fourth-order valence-corrected chi connectivity index (χ4v) is 2.15. The van der Waals surface area contributed by atoms with Gasteiger partial charge in [0, 0.05) is 0 Å². The van der Waals surface area contributed by atoms with Gasteiger partial charge in [0.25, 0.3) is 0 Å². The van der Waals surface area contributed by atoms with Gasteiger partial charge < -0.3 is 31.9 Å². The first-order valence-corrected chi connectivity index (χ1v) is 5.32. The van der Waals surface area contributed by atoms with Crippen molar-refractivity contribution in [2.24, 2.45) is 11.5 Å². The molecule has 0 aliphatic rings. The normalized spacial score (nSPS) is 27.4. The molecule has 0 bridgehead atoms. The topological polar surface area (TPSA) is 133 Å². The van der Waals surface area contributed by atoms with E-state index in [0.29, 0.717) is 0 Å². The van der Waals surface area contributed by atoms with E-state index in [0.717, 1.165) is 0 Å². The van der Waals surface area contributed by atoms with Crippen molar-refractivity contribution >= 4 is 0 Å². The lowest BCUT2D eigenvalue weighted by Gasteiger charge is -2.52. The molecule has 0 radical (unpaired) electrons. The summed E-state index contributed by atoms with van der Waals surface area (Å²) < 4.78 is 0. The summed E-state index contributed by atoms with van der Waals surface area (Å²) in [7, 11) is 0. The highest BCUT2D eigenvalue weighted by Gasteiger charge is 2.57. The van der Waals surface area contributed by atoms with Gasteiger partial charge in [0.15, 0.2) is 0 Å². The summed E-state index contributed by atoms with van der Waals surface area (Å²) in [6.07, 6.45) is -4.77. The largest absolute Gasteiger partial charge is 0.391 e. The number of hydrogen-bond donors (Lipinski definition) is 6. The fourth-order valence-electron chi connectivity index (χ4n) is 2.15. The summed E-state index contributed by atoms with van der Waals surface area (Å²) in [5.74, 6) is 0. The quantitative estimate of drug-likeness (QED) is 0.324. The molecule has 6 nitrogen and oxygen atoms in total. The molecule has 4 atom stereocenters. The van der Waals surface area contributed by atoms with Crippen LogP contribution in [0.3, 0.4) is 0 Å². The van der Waals surface area contributed by atoms with Crippen molar-refractivity contribution in [3.05, 3.63) is 0 Å². The molecule has 98 valence electrons. The highest BCUT2D eigenvalue weighted by Crippen LogP contribution is 2.31. The first-order chi connectivity index (χ1) is 7.02. The highest BCUT2D eigenvalue weighted by atomic mass is 16.3. The third kappa shape index (κ3) is 2.09. The molecule has 0 saturated carbocycles. The lowest BCUT2D eigenvalue weighted by molar-refractivity contribution is -0.115. The van der Waals surface area contributed by atoms with Crippen LogP contribution in [0, 0.1) is 0 Å². The second kappa shape index (κ2) is 4.95. The van der Waals surface area contributed by atoms with Crippen LogP contribution >= 0.6 is 0 Å². The number of aliphatic hydroxyl groups excluding tert-OH is 4. The smallest absolute Gasteiger partial charge is 0.0907 e. The molecular formula is C10H24N2O4. The summed E-state index contributed by atoms with van der Waals surface area (Å²) in [4.78, 5) is 0. The van der Waals surface area contributed by atoms with Gasteiger partial charge >= 0.3 is 0 Å². The van der Waals surface area contributed by atoms with E-state index in [9.17, 15) is 20.4 Å². The van der Waals surface area contributed by atoms with Gasteiger partial charge in [-0.2, -0.15) is 0 Å². The van der Waals surface area contributed by atoms with Crippen molar-refractivity contribution in [1.82, 2.24) is 0 Å². The number of aliphatic hydroxyl groups is 4. The predicted molar refractivity (Wildman–Crippen MR) is 60.6 cm³/mol. The molecule has 0 saturated heterocycles. The molecule has 0 spiro atoms. The SMILES string of the molecule is CC(O)C(N)(C(C)O)C(N)(C(C)O)C(C)O. The Morgan fingerprint density at radius 3 is 0.812 bits per heavy atom. The lowest BCUT2D eigenvalue weighted by atomic mass is 9.66. The zero-order valence-corrected chi connectivity index (χ0v) is 10.3. The Balaban J connectivity index is 5.64. The van der Waals surface area contributed by atoms with E-state index in [1.807, 2.05) is 0 Å². The number of rotatable bonds is 5. The Morgan fingerprint density at radius 1 is 0.625 bits per heavy atom. The number of hydrogen-bond acceptors (Lipinski definition) is 6. The Kier molecular flexibility index (Phi) is 4.88. The van der Waals surface area contributed by atoms with Gasteiger partial charge in [0.05, 0.1) is 35.5 Å². The maximum absolute atomic E-state index is 9.69. The molecule has 6 heteroatoms. The summed E-state index contributed by atoms with van der Waals surface area (Å²) in [5, 5.41) is 38.8. The average Bonchev–Trinajstić information content (AvgIpc) is 2.13. The summed E-state index contributed by atoms with van der Waals surface area (Å²) >= 11 is 0. The first kappa shape index (κ1) is 15.8. The van der Waals surface area contributed by atoms with Crippen LogP contribution in [-0.4, -0.2) is 55.9 Å². The standard InChI is InChI=1S/C10H24N2O4/c1-5(13)9(11,6(2)14)10(12,7(3)15)8(4)16/h5-8,13-16H,11-12H2,1-4H3. The second-order valence-electron chi connectivity index (χ2n) is 4.57. The Morgan fingerprint density at radius 2 is 0.750 bits per heavy atom. The minimum absolute atomic E-state index is 1.19. The molecule has 0 aromatic carbocycles. The highest BCUT2D eigenvalue weighted by molar-refractivity contribution is 5.17. The van der Waals surface area contributed by atoms with Crippen molar-refractivity contribution in [2.45, 2.75) is 63.2 Å². The van der Waals surface area contributed by atoms with E-state index in [2.05, 4.69) is 0 Å². The van der Waals surface area contributed by atoms with Crippen LogP contribution in [0.5, 0.6) is 0 Å². The second-order valence-corrected chi connectivity index (χ2v) is 4.57. The predicted octanol–water partition coefficient (Wildman–Crippen LogP) is -2.10. The van der Waals surface area contributed by atoms with Crippen molar-refractivity contribution < 1.29 is 20.4 Å².